The van der Waals surface area contributed by atoms with E-state index in [9.17, 15) is 5.11 Å². The second kappa shape index (κ2) is 3.94. The van der Waals surface area contributed by atoms with E-state index in [4.69, 9.17) is 18.9 Å². The third-order valence-corrected chi connectivity index (χ3v) is 4.70. The van der Waals surface area contributed by atoms with Crippen molar-refractivity contribution in [2.45, 2.75) is 75.8 Å². The van der Waals surface area contributed by atoms with Crippen LogP contribution in [-0.4, -0.2) is 71.2 Å². The molecule has 0 aromatic heterocycles. The van der Waals surface area contributed by atoms with Gasteiger partial charge in [0, 0.05) is 13.1 Å². The number of hydrogen-bond acceptors (Lipinski definition) is 6. The van der Waals surface area contributed by atoms with Crippen LogP contribution in [0.5, 0.6) is 0 Å². The Balaban J connectivity index is 1.63. The summed E-state index contributed by atoms with van der Waals surface area (Å²) in [6.07, 6.45) is -0.931. The predicted molar refractivity (Wildman–Crippen MR) is 69.0 cm³/mol. The molecule has 4 aliphatic heterocycles. The summed E-state index contributed by atoms with van der Waals surface area (Å²) in [7, 11) is 0. The molecule has 4 rings (SSSR count). The van der Waals surface area contributed by atoms with Crippen LogP contribution in [0, 0.1) is 0 Å². The van der Waals surface area contributed by atoms with Crippen molar-refractivity contribution in [3.63, 3.8) is 0 Å². The van der Waals surface area contributed by atoms with Crippen LogP contribution < -0.4 is 0 Å². The van der Waals surface area contributed by atoms with E-state index in [1.165, 1.54) is 0 Å². The van der Waals surface area contributed by atoms with Gasteiger partial charge in [-0.05, 0) is 27.7 Å². The van der Waals surface area contributed by atoms with Crippen molar-refractivity contribution in [1.82, 2.24) is 4.90 Å². The van der Waals surface area contributed by atoms with Crippen LogP contribution in [0.15, 0.2) is 0 Å². The lowest BCUT2D eigenvalue weighted by Crippen LogP contribution is -2.60. The van der Waals surface area contributed by atoms with E-state index in [1.807, 2.05) is 27.7 Å². The normalized spacial score (nSPS) is 52.6. The van der Waals surface area contributed by atoms with Crippen molar-refractivity contribution < 1.29 is 24.1 Å². The van der Waals surface area contributed by atoms with E-state index in [2.05, 4.69) is 4.90 Å². The van der Waals surface area contributed by atoms with Gasteiger partial charge in [-0.1, -0.05) is 0 Å². The molecule has 0 saturated carbocycles. The molecule has 4 heterocycles. The maximum Gasteiger partial charge on any atom is 0.163 e. The minimum atomic E-state index is -0.653. The van der Waals surface area contributed by atoms with E-state index >= 15 is 0 Å². The Hall–Kier alpha value is -0.240. The third-order valence-electron chi connectivity index (χ3n) is 4.70. The maximum absolute atomic E-state index is 10.3. The summed E-state index contributed by atoms with van der Waals surface area (Å²) < 4.78 is 24.0. The van der Waals surface area contributed by atoms with Crippen molar-refractivity contribution in [1.29, 1.82) is 0 Å². The molecular formula is C14H23NO5. The Labute approximate surface area is 118 Å². The lowest BCUT2D eigenvalue weighted by molar-refractivity contribution is -0.179. The van der Waals surface area contributed by atoms with Crippen LogP contribution in [-0.2, 0) is 18.9 Å². The predicted octanol–water partition coefficient (Wildman–Crippen LogP) is 0.0853. The highest BCUT2D eigenvalue weighted by Crippen LogP contribution is 2.45. The average molecular weight is 285 g/mol. The van der Waals surface area contributed by atoms with Gasteiger partial charge in [0.15, 0.2) is 11.6 Å². The fraction of sp³-hybridized carbons (Fsp3) is 1.00. The number of ether oxygens (including phenoxy) is 4. The van der Waals surface area contributed by atoms with Gasteiger partial charge in [-0.15, -0.1) is 0 Å². The minimum Gasteiger partial charge on any atom is -0.389 e. The SMILES string of the molecule is CC1(C)O[C@H]2[C@H](O1)[C@H](O)CN1C[C@@H]3OC(C)(C)O[C@@H]3[C@H]21. The van der Waals surface area contributed by atoms with Crippen molar-refractivity contribution in [3.8, 4) is 0 Å². The number of nitrogens with zero attached hydrogens (tertiary/aromatic N) is 1. The zero-order valence-electron chi connectivity index (χ0n) is 12.4. The molecular weight excluding hydrogens is 262 g/mol. The quantitative estimate of drug-likeness (QED) is 0.680. The molecule has 4 aliphatic rings. The van der Waals surface area contributed by atoms with Crippen LogP contribution in [0.4, 0.5) is 0 Å². The first-order chi connectivity index (χ1) is 9.26. The molecule has 6 heteroatoms. The van der Waals surface area contributed by atoms with E-state index in [0.29, 0.717) is 6.54 Å². The monoisotopic (exact) mass is 285 g/mol. The summed E-state index contributed by atoms with van der Waals surface area (Å²) in [6, 6.07) is 0.0944. The molecule has 0 bridgehead atoms. The number of aliphatic hydroxyl groups excluding tert-OH is 1. The van der Waals surface area contributed by atoms with Crippen LogP contribution in [0.3, 0.4) is 0 Å². The molecule has 0 aliphatic carbocycles. The molecule has 0 amide bonds. The molecule has 0 unspecified atom stereocenters. The number of rotatable bonds is 0. The summed E-state index contributed by atoms with van der Waals surface area (Å²) in [5.74, 6) is -1.19. The van der Waals surface area contributed by atoms with E-state index in [1.54, 1.807) is 0 Å². The van der Waals surface area contributed by atoms with Gasteiger partial charge in [0.25, 0.3) is 0 Å². The Morgan fingerprint density at radius 1 is 0.850 bits per heavy atom. The maximum atomic E-state index is 10.3. The second-order valence-electron chi connectivity index (χ2n) is 7.22. The first kappa shape index (κ1) is 13.4. The zero-order valence-corrected chi connectivity index (χ0v) is 12.4. The number of aliphatic hydroxyl groups is 1. The minimum absolute atomic E-state index is 0.0116. The second-order valence-corrected chi connectivity index (χ2v) is 7.22. The van der Waals surface area contributed by atoms with Gasteiger partial charge in [0.2, 0.25) is 0 Å². The smallest absolute Gasteiger partial charge is 0.163 e. The van der Waals surface area contributed by atoms with Gasteiger partial charge in [0.05, 0.1) is 12.1 Å². The Morgan fingerprint density at radius 2 is 1.45 bits per heavy atom. The molecule has 0 aromatic carbocycles. The van der Waals surface area contributed by atoms with Crippen LogP contribution >= 0.6 is 0 Å². The topological polar surface area (TPSA) is 60.4 Å². The van der Waals surface area contributed by atoms with Gasteiger partial charge in [-0.2, -0.15) is 0 Å². The molecule has 20 heavy (non-hydrogen) atoms. The van der Waals surface area contributed by atoms with Crippen LogP contribution in [0.2, 0.25) is 0 Å². The summed E-state index contributed by atoms with van der Waals surface area (Å²) in [6.45, 7) is 9.05. The molecule has 6 nitrogen and oxygen atoms in total. The van der Waals surface area contributed by atoms with Crippen molar-refractivity contribution >= 4 is 0 Å². The lowest BCUT2D eigenvalue weighted by atomic mass is 9.92. The number of piperidine rings is 1. The molecule has 1 N–H and O–H groups in total. The zero-order chi connectivity index (χ0) is 14.3. The highest BCUT2D eigenvalue weighted by atomic mass is 16.8. The van der Waals surface area contributed by atoms with Gasteiger partial charge in [-0.25, -0.2) is 0 Å². The van der Waals surface area contributed by atoms with Crippen molar-refractivity contribution in [2.24, 2.45) is 0 Å². The molecule has 0 radical (unpaired) electrons. The first-order valence-corrected chi connectivity index (χ1v) is 7.39. The first-order valence-electron chi connectivity index (χ1n) is 7.39. The summed E-state index contributed by atoms with van der Waals surface area (Å²) in [5, 5.41) is 10.3. The molecule has 114 valence electrons. The number of hydrogen-bond donors (Lipinski definition) is 1. The summed E-state index contributed by atoms with van der Waals surface area (Å²) in [5.41, 5.74) is 0. The molecule has 4 fully saturated rings. The fourth-order valence-electron chi connectivity index (χ4n) is 4.17. The lowest BCUT2D eigenvalue weighted by Gasteiger charge is -2.41. The largest absolute Gasteiger partial charge is 0.389 e. The van der Waals surface area contributed by atoms with E-state index in [0.717, 1.165) is 6.54 Å². The standard InChI is InChI=1S/C14H23NO5/c1-13(2)17-8-6-15-5-7(16)10-12(9(15)11(8)19-13)20-14(3,4)18-10/h7-12,16H,5-6H2,1-4H3/t7-,8+,9-,10-,11+,12-/m1/s1. The Bertz CT molecular complexity index is 426. The van der Waals surface area contributed by atoms with Gasteiger partial charge in [-0.3, -0.25) is 4.90 Å². The summed E-state index contributed by atoms with van der Waals surface area (Å²) in [4.78, 5) is 2.22. The third kappa shape index (κ3) is 1.86. The molecule has 6 atom stereocenters. The van der Waals surface area contributed by atoms with E-state index in [-0.39, 0.29) is 30.5 Å². The Kier molecular flexibility index (Phi) is 2.64. The van der Waals surface area contributed by atoms with Gasteiger partial charge < -0.3 is 24.1 Å². The molecule has 0 aromatic rings. The van der Waals surface area contributed by atoms with Crippen LogP contribution in [0.25, 0.3) is 0 Å². The molecule has 0 spiro atoms. The van der Waals surface area contributed by atoms with Crippen molar-refractivity contribution in [2.75, 3.05) is 13.1 Å². The molecule has 4 saturated heterocycles. The number of fused-ring (bicyclic) bond motifs is 5. The summed E-state index contributed by atoms with van der Waals surface area (Å²) >= 11 is 0. The van der Waals surface area contributed by atoms with Crippen molar-refractivity contribution in [3.05, 3.63) is 0 Å². The van der Waals surface area contributed by atoms with Gasteiger partial charge >= 0.3 is 0 Å². The highest BCUT2D eigenvalue weighted by Gasteiger charge is 2.62. The fourth-order valence-corrected chi connectivity index (χ4v) is 4.17. The van der Waals surface area contributed by atoms with Crippen LogP contribution in [0.1, 0.15) is 27.7 Å². The Morgan fingerprint density at radius 3 is 2.20 bits per heavy atom. The van der Waals surface area contributed by atoms with E-state index < -0.39 is 17.7 Å². The average Bonchev–Trinajstić information content (AvgIpc) is 2.84. The highest BCUT2D eigenvalue weighted by molar-refractivity contribution is 5.11. The van der Waals surface area contributed by atoms with Gasteiger partial charge in [0.1, 0.15) is 24.4 Å².